The minimum absolute atomic E-state index is 0.00355. The van der Waals surface area contributed by atoms with Crippen molar-refractivity contribution in [2.45, 2.75) is 25.6 Å². The van der Waals surface area contributed by atoms with Crippen LogP contribution in [0.2, 0.25) is 0 Å². The molecule has 1 amide bonds. The Labute approximate surface area is 159 Å². The van der Waals surface area contributed by atoms with E-state index in [9.17, 15) is 18.0 Å². The van der Waals surface area contributed by atoms with Crippen LogP contribution in [0.25, 0.3) is 10.9 Å². The van der Waals surface area contributed by atoms with Gasteiger partial charge >= 0.3 is 6.18 Å². The number of carbonyl (C=O) groups is 1. The number of alkyl halides is 3. The lowest BCUT2D eigenvalue weighted by atomic mass is 10.1. The molecule has 148 valence electrons. The highest BCUT2D eigenvalue weighted by Gasteiger charge is 2.30. The third-order valence-electron chi connectivity index (χ3n) is 4.15. The topological polar surface area (TPSA) is 80.0 Å². The molecule has 6 nitrogen and oxygen atoms in total. The molecule has 0 aliphatic rings. The fraction of sp³-hybridized carbons (Fsp3) is 0.316. The maximum Gasteiger partial charge on any atom is 0.416 e. The molecule has 0 aliphatic carbocycles. The summed E-state index contributed by atoms with van der Waals surface area (Å²) < 4.78 is 40.2. The van der Waals surface area contributed by atoms with Gasteiger partial charge in [-0.05, 0) is 30.2 Å². The van der Waals surface area contributed by atoms with Crippen molar-refractivity contribution < 1.29 is 23.1 Å². The van der Waals surface area contributed by atoms with Gasteiger partial charge in [0.2, 0.25) is 5.91 Å². The third kappa shape index (κ3) is 4.86. The van der Waals surface area contributed by atoms with Crippen LogP contribution in [0.4, 0.5) is 13.2 Å². The van der Waals surface area contributed by atoms with Gasteiger partial charge in [-0.1, -0.05) is 12.1 Å². The van der Waals surface area contributed by atoms with Crippen molar-refractivity contribution in [3.8, 4) is 0 Å². The summed E-state index contributed by atoms with van der Waals surface area (Å²) in [4.78, 5) is 16.2. The van der Waals surface area contributed by atoms with Crippen molar-refractivity contribution in [3.05, 3.63) is 59.5 Å². The smallest absolute Gasteiger partial charge is 0.396 e. The van der Waals surface area contributed by atoms with Crippen LogP contribution in [0.3, 0.4) is 0 Å². The lowest BCUT2D eigenvalue weighted by Crippen LogP contribution is -2.26. The van der Waals surface area contributed by atoms with Crippen molar-refractivity contribution in [2.24, 2.45) is 0 Å². The molecule has 0 saturated carbocycles. The number of rotatable bonds is 7. The Morgan fingerprint density at radius 2 is 2.07 bits per heavy atom. The number of aromatic nitrogens is 3. The average Bonchev–Trinajstić information content (AvgIpc) is 3.05. The molecular weight excluding hydrogens is 373 g/mol. The van der Waals surface area contributed by atoms with Gasteiger partial charge in [0.15, 0.2) is 0 Å². The molecule has 0 radical (unpaired) electrons. The molecule has 2 heterocycles. The Balaban J connectivity index is 1.78. The fourth-order valence-electron chi connectivity index (χ4n) is 2.83. The second-order valence-electron chi connectivity index (χ2n) is 6.32. The predicted molar refractivity (Wildman–Crippen MR) is 96.5 cm³/mol. The summed E-state index contributed by atoms with van der Waals surface area (Å²) in [6.45, 7) is 0.539. The monoisotopic (exact) mass is 392 g/mol. The highest BCUT2D eigenvalue weighted by molar-refractivity contribution is 5.86. The molecule has 0 unspecified atom stereocenters. The second-order valence-corrected chi connectivity index (χ2v) is 6.32. The SMILES string of the molecule is O=C(Cc1nccc2nn(Cc3cccc(C(F)(F)F)c3)cc12)NCCCO. The maximum atomic E-state index is 12.9. The first-order valence-electron chi connectivity index (χ1n) is 8.71. The molecule has 0 bridgehead atoms. The van der Waals surface area contributed by atoms with E-state index in [4.69, 9.17) is 5.11 Å². The van der Waals surface area contributed by atoms with E-state index in [-0.39, 0.29) is 25.5 Å². The highest BCUT2D eigenvalue weighted by Crippen LogP contribution is 2.29. The molecule has 9 heteroatoms. The number of hydrogen-bond donors (Lipinski definition) is 2. The Bertz CT molecular complexity index is 969. The van der Waals surface area contributed by atoms with E-state index < -0.39 is 11.7 Å². The number of nitrogens with zero attached hydrogens (tertiary/aromatic N) is 3. The molecule has 2 N–H and O–H groups in total. The third-order valence-corrected chi connectivity index (χ3v) is 4.15. The fourth-order valence-corrected chi connectivity index (χ4v) is 2.83. The van der Waals surface area contributed by atoms with Crippen molar-refractivity contribution in [1.82, 2.24) is 20.1 Å². The average molecular weight is 392 g/mol. The van der Waals surface area contributed by atoms with Gasteiger partial charge < -0.3 is 10.4 Å². The summed E-state index contributed by atoms with van der Waals surface area (Å²) in [5.74, 6) is -0.223. The van der Waals surface area contributed by atoms with Gasteiger partial charge in [-0.25, -0.2) is 0 Å². The van der Waals surface area contributed by atoms with E-state index in [0.29, 0.717) is 35.1 Å². The molecular formula is C19H19F3N4O2. The van der Waals surface area contributed by atoms with Gasteiger partial charge in [-0.2, -0.15) is 18.3 Å². The van der Waals surface area contributed by atoms with Gasteiger partial charge in [0.1, 0.15) is 0 Å². The Kier molecular flexibility index (Phi) is 5.93. The number of pyridine rings is 1. The number of hydrogen-bond acceptors (Lipinski definition) is 4. The van der Waals surface area contributed by atoms with Gasteiger partial charge in [-0.3, -0.25) is 14.5 Å². The predicted octanol–water partition coefficient (Wildman–Crippen LogP) is 2.54. The van der Waals surface area contributed by atoms with Crippen LogP contribution in [0.5, 0.6) is 0 Å². The van der Waals surface area contributed by atoms with Crippen molar-refractivity contribution >= 4 is 16.8 Å². The largest absolute Gasteiger partial charge is 0.416 e. The van der Waals surface area contributed by atoms with Crippen LogP contribution in [0.1, 0.15) is 23.2 Å². The van der Waals surface area contributed by atoms with Gasteiger partial charge in [0.25, 0.3) is 0 Å². The molecule has 0 fully saturated rings. The van der Waals surface area contributed by atoms with E-state index in [1.807, 2.05) is 0 Å². The summed E-state index contributed by atoms with van der Waals surface area (Å²) >= 11 is 0. The number of benzene rings is 1. The first-order valence-corrected chi connectivity index (χ1v) is 8.71. The summed E-state index contributed by atoms with van der Waals surface area (Å²) in [6, 6.07) is 6.78. The number of aliphatic hydroxyl groups is 1. The first kappa shape index (κ1) is 19.8. The molecule has 28 heavy (non-hydrogen) atoms. The highest BCUT2D eigenvalue weighted by atomic mass is 19.4. The lowest BCUT2D eigenvalue weighted by molar-refractivity contribution is -0.137. The maximum absolute atomic E-state index is 12.9. The van der Waals surface area contributed by atoms with E-state index in [1.165, 1.54) is 10.7 Å². The van der Waals surface area contributed by atoms with Crippen LogP contribution >= 0.6 is 0 Å². The Morgan fingerprint density at radius 3 is 2.82 bits per heavy atom. The van der Waals surface area contributed by atoms with Gasteiger partial charge in [-0.15, -0.1) is 0 Å². The van der Waals surface area contributed by atoms with E-state index >= 15 is 0 Å². The minimum atomic E-state index is -4.40. The summed E-state index contributed by atoms with van der Waals surface area (Å²) in [5.41, 5.74) is 0.914. The minimum Gasteiger partial charge on any atom is -0.396 e. The molecule has 3 rings (SSSR count). The van der Waals surface area contributed by atoms with E-state index in [2.05, 4.69) is 15.4 Å². The molecule has 0 aliphatic heterocycles. The standard InChI is InChI=1S/C19H19F3N4O2/c20-19(21,22)14-4-1-3-13(9-14)11-26-12-15-16(25-26)5-7-23-17(15)10-18(28)24-6-2-8-27/h1,3-5,7,9,12,27H,2,6,8,10-11H2,(H,24,28). The van der Waals surface area contributed by atoms with Crippen molar-refractivity contribution in [2.75, 3.05) is 13.2 Å². The zero-order chi connectivity index (χ0) is 20.1. The van der Waals surface area contributed by atoms with E-state index in [1.54, 1.807) is 24.5 Å². The second kappa shape index (κ2) is 8.39. The normalized spacial score (nSPS) is 11.7. The number of nitrogens with one attached hydrogen (secondary N) is 1. The number of aliphatic hydroxyl groups excluding tert-OH is 1. The summed E-state index contributed by atoms with van der Waals surface area (Å²) in [6.07, 6.45) is -0.652. The first-order chi connectivity index (χ1) is 13.4. The zero-order valence-corrected chi connectivity index (χ0v) is 14.9. The van der Waals surface area contributed by atoms with Gasteiger partial charge in [0, 0.05) is 30.9 Å². The number of amides is 1. The van der Waals surface area contributed by atoms with Crippen LogP contribution in [0, 0.1) is 0 Å². The van der Waals surface area contributed by atoms with Crippen LogP contribution < -0.4 is 5.32 Å². The molecule has 3 aromatic rings. The lowest BCUT2D eigenvalue weighted by Gasteiger charge is -2.08. The molecule has 0 saturated heterocycles. The molecule has 1 aromatic carbocycles. The van der Waals surface area contributed by atoms with E-state index in [0.717, 1.165) is 12.1 Å². The van der Waals surface area contributed by atoms with Crippen LogP contribution in [-0.2, 0) is 23.9 Å². The molecule has 2 aromatic heterocycles. The number of carbonyl (C=O) groups excluding carboxylic acids is 1. The Morgan fingerprint density at radius 1 is 1.25 bits per heavy atom. The number of halogens is 3. The Hall–Kier alpha value is -2.94. The molecule has 0 atom stereocenters. The summed E-state index contributed by atoms with van der Waals surface area (Å²) in [5, 5.41) is 16.5. The molecule has 0 spiro atoms. The van der Waals surface area contributed by atoms with Crippen molar-refractivity contribution in [3.63, 3.8) is 0 Å². The summed E-state index contributed by atoms with van der Waals surface area (Å²) in [7, 11) is 0. The van der Waals surface area contributed by atoms with Gasteiger partial charge in [0.05, 0.1) is 29.7 Å². The number of fused-ring (bicyclic) bond motifs is 1. The van der Waals surface area contributed by atoms with Crippen molar-refractivity contribution in [1.29, 1.82) is 0 Å². The zero-order valence-electron chi connectivity index (χ0n) is 14.9. The quantitative estimate of drug-likeness (QED) is 0.606. The van der Waals surface area contributed by atoms with Crippen LogP contribution in [-0.4, -0.2) is 38.9 Å². The van der Waals surface area contributed by atoms with Crippen LogP contribution in [0.15, 0.2) is 42.7 Å².